The van der Waals surface area contributed by atoms with Gasteiger partial charge in [0.2, 0.25) is 0 Å². The summed E-state index contributed by atoms with van der Waals surface area (Å²) in [5, 5.41) is 17.6. The van der Waals surface area contributed by atoms with Crippen LogP contribution in [0.1, 0.15) is 18.1 Å². The van der Waals surface area contributed by atoms with Gasteiger partial charge in [0, 0.05) is 23.7 Å². The van der Waals surface area contributed by atoms with Gasteiger partial charge in [0.1, 0.15) is 5.82 Å². The van der Waals surface area contributed by atoms with Gasteiger partial charge in [-0.3, -0.25) is 0 Å². The minimum atomic E-state index is -0.974. The minimum Gasteiger partial charge on any atom is -0.384 e. The lowest BCUT2D eigenvalue weighted by Crippen LogP contribution is -2.35. The van der Waals surface area contributed by atoms with Gasteiger partial charge >= 0.3 is 0 Å². The van der Waals surface area contributed by atoms with Crippen molar-refractivity contribution in [3.63, 3.8) is 0 Å². The maximum atomic E-state index is 13.6. The van der Waals surface area contributed by atoms with E-state index >= 15 is 0 Å². The Morgan fingerprint density at radius 2 is 2.21 bits per heavy atom. The number of hydrogen-bond donors (Lipinski definition) is 2. The molecule has 1 unspecified atom stereocenters. The highest BCUT2D eigenvalue weighted by Crippen LogP contribution is 2.23. The summed E-state index contributed by atoms with van der Waals surface area (Å²) in [5.74, 6) is -0.338. The molecule has 19 heavy (non-hydrogen) atoms. The molecule has 2 N–H and O–H groups in total. The van der Waals surface area contributed by atoms with E-state index in [0.29, 0.717) is 17.1 Å². The molecular formula is C14H15ClFNOS. The van der Waals surface area contributed by atoms with Gasteiger partial charge in [-0.05, 0) is 41.4 Å². The van der Waals surface area contributed by atoms with Crippen LogP contribution in [0.3, 0.4) is 0 Å². The Kier molecular flexibility index (Phi) is 4.58. The van der Waals surface area contributed by atoms with E-state index in [1.807, 2.05) is 16.8 Å². The van der Waals surface area contributed by atoms with Gasteiger partial charge < -0.3 is 10.4 Å². The number of hydrogen-bond acceptors (Lipinski definition) is 3. The molecule has 0 aliphatic rings. The van der Waals surface area contributed by atoms with Crippen LogP contribution >= 0.6 is 22.9 Å². The summed E-state index contributed by atoms with van der Waals surface area (Å²) in [6.45, 7) is 2.34. The van der Waals surface area contributed by atoms with Gasteiger partial charge in [0.25, 0.3) is 0 Å². The number of aliphatic hydroxyl groups is 1. The van der Waals surface area contributed by atoms with Crippen molar-refractivity contribution in [2.24, 2.45) is 0 Å². The molecule has 0 fully saturated rings. The molecule has 1 atom stereocenters. The lowest BCUT2D eigenvalue weighted by Gasteiger charge is -2.23. The van der Waals surface area contributed by atoms with Crippen LogP contribution in [0.15, 0.2) is 35.0 Å². The van der Waals surface area contributed by atoms with E-state index in [1.54, 1.807) is 19.1 Å². The van der Waals surface area contributed by atoms with Crippen molar-refractivity contribution in [2.45, 2.75) is 19.1 Å². The second-order valence-electron chi connectivity index (χ2n) is 4.59. The van der Waals surface area contributed by atoms with Crippen molar-refractivity contribution < 1.29 is 9.50 Å². The van der Waals surface area contributed by atoms with E-state index in [4.69, 9.17) is 11.6 Å². The average molecular weight is 300 g/mol. The molecule has 5 heteroatoms. The molecule has 0 amide bonds. The SMILES string of the molecule is CC(O)(CNCc1c(F)cccc1Cl)c1ccsc1. The van der Waals surface area contributed by atoms with Crippen LogP contribution in [-0.4, -0.2) is 11.7 Å². The number of benzene rings is 1. The molecular weight excluding hydrogens is 285 g/mol. The molecule has 2 nitrogen and oxygen atoms in total. The van der Waals surface area contributed by atoms with Crippen LogP contribution in [0.25, 0.3) is 0 Å². The molecule has 1 aromatic carbocycles. The summed E-state index contributed by atoms with van der Waals surface area (Å²) in [6.07, 6.45) is 0. The second kappa shape index (κ2) is 6.01. The topological polar surface area (TPSA) is 32.3 Å². The van der Waals surface area contributed by atoms with E-state index in [-0.39, 0.29) is 12.4 Å². The number of nitrogens with one attached hydrogen (secondary N) is 1. The van der Waals surface area contributed by atoms with E-state index < -0.39 is 5.60 Å². The lowest BCUT2D eigenvalue weighted by atomic mass is 9.99. The number of rotatable bonds is 5. The van der Waals surface area contributed by atoms with E-state index in [2.05, 4.69) is 5.32 Å². The summed E-state index contributed by atoms with van der Waals surface area (Å²) >= 11 is 7.47. The minimum absolute atomic E-state index is 0.284. The Balaban J connectivity index is 1.97. The third kappa shape index (κ3) is 3.54. The molecule has 0 radical (unpaired) electrons. The molecule has 2 rings (SSSR count). The highest BCUT2D eigenvalue weighted by molar-refractivity contribution is 7.08. The third-order valence-corrected chi connectivity index (χ3v) is 4.01. The maximum Gasteiger partial charge on any atom is 0.129 e. The van der Waals surface area contributed by atoms with Crippen molar-refractivity contribution in [2.75, 3.05) is 6.54 Å². The summed E-state index contributed by atoms with van der Waals surface area (Å²) in [4.78, 5) is 0. The molecule has 0 saturated heterocycles. The zero-order valence-corrected chi connectivity index (χ0v) is 12.1. The van der Waals surface area contributed by atoms with Crippen LogP contribution in [0.4, 0.5) is 4.39 Å². The molecule has 0 spiro atoms. The average Bonchev–Trinajstić information content (AvgIpc) is 2.87. The Labute approximate surface area is 120 Å². The molecule has 0 saturated carbocycles. The molecule has 1 heterocycles. The molecule has 102 valence electrons. The predicted octanol–water partition coefficient (Wildman–Crippen LogP) is 3.54. The molecule has 2 aromatic rings. The first-order chi connectivity index (χ1) is 9.00. The number of thiophene rings is 1. The monoisotopic (exact) mass is 299 g/mol. The van der Waals surface area contributed by atoms with Crippen molar-refractivity contribution in [1.29, 1.82) is 0 Å². The maximum absolute atomic E-state index is 13.6. The first-order valence-corrected chi connectivity index (χ1v) is 7.21. The van der Waals surface area contributed by atoms with Crippen molar-refractivity contribution in [3.8, 4) is 0 Å². The van der Waals surface area contributed by atoms with Gasteiger partial charge in [0.15, 0.2) is 0 Å². The first kappa shape index (κ1) is 14.5. The fourth-order valence-corrected chi connectivity index (χ4v) is 2.82. The molecule has 1 aromatic heterocycles. The van der Waals surface area contributed by atoms with Crippen LogP contribution in [0.5, 0.6) is 0 Å². The van der Waals surface area contributed by atoms with Crippen molar-refractivity contribution in [3.05, 3.63) is 57.0 Å². The van der Waals surface area contributed by atoms with Gasteiger partial charge in [0.05, 0.1) is 5.60 Å². The second-order valence-corrected chi connectivity index (χ2v) is 5.78. The fraction of sp³-hybridized carbons (Fsp3) is 0.286. The normalized spacial score (nSPS) is 14.3. The quantitative estimate of drug-likeness (QED) is 0.885. The van der Waals surface area contributed by atoms with E-state index in [1.165, 1.54) is 17.4 Å². The van der Waals surface area contributed by atoms with E-state index in [0.717, 1.165) is 5.56 Å². The standard InChI is InChI=1S/C14H15ClFNOS/c1-14(18,10-5-6-19-8-10)9-17-7-11-12(15)3-2-4-13(11)16/h2-6,8,17-18H,7,9H2,1H3. The van der Waals surface area contributed by atoms with Crippen molar-refractivity contribution in [1.82, 2.24) is 5.32 Å². The summed E-state index contributed by atoms with van der Waals surface area (Å²) in [6, 6.07) is 6.48. The predicted molar refractivity (Wildman–Crippen MR) is 77.0 cm³/mol. The van der Waals surface area contributed by atoms with Crippen molar-refractivity contribution >= 4 is 22.9 Å². The zero-order valence-electron chi connectivity index (χ0n) is 10.5. The van der Waals surface area contributed by atoms with Crippen LogP contribution in [-0.2, 0) is 12.1 Å². The summed E-state index contributed by atoms with van der Waals surface area (Å²) < 4.78 is 13.6. The molecule has 0 aliphatic carbocycles. The third-order valence-electron chi connectivity index (χ3n) is 2.98. The fourth-order valence-electron chi connectivity index (χ4n) is 1.81. The van der Waals surface area contributed by atoms with E-state index in [9.17, 15) is 9.50 Å². The molecule has 0 bridgehead atoms. The summed E-state index contributed by atoms with van der Waals surface area (Å²) in [7, 11) is 0. The highest BCUT2D eigenvalue weighted by atomic mass is 35.5. The Morgan fingerprint density at radius 3 is 2.84 bits per heavy atom. The van der Waals surface area contributed by atoms with Crippen LogP contribution in [0.2, 0.25) is 5.02 Å². The van der Waals surface area contributed by atoms with Gasteiger partial charge in [-0.15, -0.1) is 0 Å². The largest absolute Gasteiger partial charge is 0.384 e. The van der Waals surface area contributed by atoms with Gasteiger partial charge in [-0.25, -0.2) is 4.39 Å². The van der Waals surface area contributed by atoms with Crippen LogP contribution < -0.4 is 5.32 Å². The summed E-state index contributed by atoms with van der Waals surface area (Å²) in [5.41, 5.74) is 0.299. The first-order valence-electron chi connectivity index (χ1n) is 5.89. The highest BCUT2D eigenvalue weighted by Gasteiger charge is 2.23. The van der Waals surface area contributed by atoms with Crippen LogP contribution in [0, 0.1) is 5.82 Å². The molecule has 0 aliphatic heterocycles. The zero-order chi connectivity index (χ0) is 13.9. The Bertz CT molecular complexity index is 522. The van der Waals surface area contributed by atoms with Gasteiger partial charge in [-0.1, -0.05) is 17.7 Å². The Hall–Kier alpha value is -0.940. The smallest absolute Gasteiger partial charge is 0.129 e. The lowest BCUT2D eigenvalue weighted by molar-refractivity contribution is 0.0570. The Morgan fingerprint density at radius 1 is 1.42 bits per heavy atom. The van der Waals surface area contributed by atoms with Gasteiger partial charge in [-0.2, -0.15) is 11.3 Å². The number of halogens is 2.